The molecule has 0 aliphatic carbocycles. The van der Waals surface area contributed by atoms with Crippen LogP contribution in [0.5, 0.6) is 0 Å². The van der Waals surface area contributed by atoms with Crippen molar-refractivity contribution >= 4 is 56.5 Å². The predicted octanol–water partition coefficient (Wildman–Crippen LogP) is 5.76. The molecule has 158 valence electrons. The molecule has 0 atom stereocenters. The van der Waals surface area contributed by atoms with E-state index in [9.17, 15) is 9.59 Å². The molecule has 0 aliphatic rings. The first-order valence-electron chi connectivity index (χ1n) is 9.60. The average molecular weight is 470 g/mol. The number of halogens is 1. The number of rotatable bonds is 5. The number of carbonyl (C=O) groups excluding carboxylic acids is 1. The normalized spacial score (nSPS) is 11.1. The van der Waals surface area contributed by atoms with Gasteiger partial charge < -0.3 is 5.32 Å². The van der Waals surface area contributed by atoms with Gasteiger partial charge in [0.1, 0.15) is 4.70 Å². The van der Waals surface area contributed by atoms with Crippen molar-refractivity contribution in [3.63, 3.8) is 0 Å². The van der Waals surface area contributed by atoms with Gasteiger partial charge in [-0.15, -0.1) is 11.3 Å². The van der Waals surface area contributed by atoms with Crippen molar-refractivity contribution in [2.45, 2.75) is 25.9 Å². The maximum Gasteiger partial charge on any atom is 0.276 e. The number of aryl methyl sites for hydroxylation is 3. The van der Waals surface area contributed by atoms with Crippen molar-refractivity contribution in [3.8, 4) is 5.69 Å². The highest BCUT2D eigenvalue weighted by atomic mass is 35.5. The van der Waals surface area contributed by atoms with Crippen LogP contribution in [-0.2, 0) is 4.79 Å². The van der Waals surface area contributed by atoms with Crippen LogP contribution in [0.4, 0.5) is 5.69 Å². The molecule has 0 radical (unpaired) electrons. The quantitative estimate of drug-likeness (QED) is 0.298. The number of hydrogen-bond donors (Lipinski definition) is 1. The average Bonchev–Trinajstić information content (AvgIpc) is 3.20. The lowest BCUT2D eigenvalue weighted by atomic mass is 10.1. The van der Waals surface area contributed by atoms with Gasteiger partial charge in [0.15, 0.2) is 5.16 Å². The smallest absolute Gasteiger partial charge is 0.276 e. The predicted molar refractivity (Wildman–Crippen MR) is 130 cm³/mol. The van der Waals surface area contributed by atoms with Crippen LogP contribution in [0.1, 0.15) is 16.7 Å². The van der Waals surface area contributed by atoms with Crippen molar-refractivity contribution in [1.82, 2.24) is 9.55 Å². The Labute approximate surface area is 193 Å². The third kappa shape index (κ3) is 4.54. The van der Waals surface area contributed by atoms with E-state index < -0.39 is 0 Å². The fraction of sp³-hybridized carbons (Fsp3) is 0.174. The number of benzene rings is 2. The fourth-order valence-corrected chi connectivity index (χ4v) is 4.83. The highest BCUT2D eigenvalue weighted by Gasteiger charge is 2.16. The number of carbonyl (C=O) groups is 1. The summed E-state index contributed by atoms with van der Waals surface area (Å²) in [5.41, 5.74) is 5.06. The minimum Gasteiger partial charge on any atom is -0.325 e. The Morgan fingerprint density at radius 3 is 2.61 bits per heavy atom. The third-order valence-corrected chi connectivity index (χ3v) is 7.22. The number of aromatic nitrogens is 2. The van der Waals surface area contributed by atoms with E-state index in [-0.39, 0.29) is 17.2 Å². The summed E-state index contributed by atoms with van der Waals surface area (Å²) < 4.78 is 2.19. The Bertz CT molecular complexity index is 1360. The zero-order valence-corrected chi connectivity index (χ0v) is 19.6. The summed E-state index contributed by atoms with van der Waals surface area (Å²) in [6, 6.07) is 13.1. The van der Waals surface area contributed by atoms with E-state index in [0.717, 1.165) is 22.4 Å². The van der Waals surface area contributed by atoms with Gasteiger partial charge in [-0.1, -0.05) is 35.5 Å². The van der Waals surface area contributed by atoms with Crippen molar-refractivity contribution < 1.29 is 4.79 Å². The van der Waals surface area contributed by atoms with Gasteiger partial charge in [-0.2, -0.15) is 0 Å². The second kappa shape index (κ2) is 8.86. The van der Waals surface area contributed by atoms with Gasteiger partial charge in [0.2, 0.25) is 5.91 Å². The lowest BCUT2D eigenvalue weighted by Crippen LogP contribution is -2.22. The molecule has 2 aromatic carbocycles. The van der Waals surface area contributed by atoms with Crippen molar-refractivity contribution in [3.05, 3.63) is 79.9 Å². The van der Waals surface area contributed by atoms with Gasteiger partial charge >= 0.3 is 0 Å². The van der Waals surface area contributed by atoms with E-state index >= 15 is 0 Å². The van der Waals surface area contributed by atoms with Crippen LogP contribution in [0, 0.1) is 20.8 Å². The van der Waals surface area contributed by atoms with Crippen LogP contribution in [0.15, 0.2) is 57.8 Å². The van der Waals surface area contributed by atoms with E-state index in [0.29, 0.717) is 26.1 Å². The number of nitrogens with zero attached hydrogens (tertiary/aromatic N) is 2. The number of nitrogens with one attached hydrogen (secondary N) is 1. The monoisotopic (exact) mass is 469 g/mol. The van der Waals surface area contributed by atoms with Crippen molar-refractivity contribution in [1.29, 1.82) is 0 Å². The van der Waals surface area contributed by atoms with Gasteiger partial charge in [0.25, 0.3) is 5.56 Å². The molecule has 5 nitrogen and oxygen atoms in total. The molecule has 0 saturated heterocycles. The summed E-state index contributed by atoms with van der Waals surface area (Å²) >= 11 is 8.74. The fourth-order valence-electron chi connectivity index (χ4n) is 3.08. The summed E-state index contributed by atoms with van der Waals surface area (Å²) in [5, 5.41) is 5.78. The number of amides is 1. The van der Waals surface area contributed by atoms with Crippen molar-refractivity contribution in [2.75, 3.05) is 11.1 Å². The highest BCUT2D eigenvalue weighted by molar-refractivity contribution is 7.99. The molecule has 8 heteroatoms. The Balaban J connectivity index is 1.64. The van der Waals surface area contributed by atoms with Crippen LogP contribution in [0.2, 0.25) is 5.02 Å². The maximum absolute atomic E-state index is 13.2. The number of anilines is 1. The molecule has 0 spiro atoms. The Hall–Kier alpha value is -2.61. The molecule has 1 N–H and O–H groups in total. The SMILES string of the molecule is Cc1ccc(-n2c(SCC(=O)Nc3ccc(C)c(Cl)c3)nc3ccsc3c2=O)cc1C. The molecular weight excluding hydrogens is 450 g/mol. The number of hydrogen-bond acceptors (Lipinski definition) is 5. The summed E-state index contributed by atoms with van der Waals surface area (Å²) in [6.45, 7) is 5.94. The maximum atomic E-state index is 13.2. The van der Waals surface area contributed by atoms with Gasteiger partial charge in [-0.3, -0.25) is 14.2 Å². The van der Waals surface area contributed by atoms with E-state index in [2.05, 4.69) is 10.3 Å². The minimum absolute atomic E-state index is 0.110. The van der Waals surface area contributed by atoms with Crippen LogP contribution in [0.25, 0.3) is 15.9 Å². The van der Waals surface area contributed by atoms with E-state index in [1.807, 2.05) is 62.5 Å². The summed E-state index contributed by atoms with van der Waals surface area (Å²) in [5.74, 6) is -0.0884. The van der Waals surface area contributed by atoms with Crippen LogP contribution < -0.4 is 10.9 Å². The molecule has 4 rings (SSSR count). The number of thioether (sulfide) groups is 1. The highest BCUT2D eigenvalue weighted by Crippen LogP contribution is 2.25. The van der Waals surface area contributed by atoms with Crippen LogP contribution >= 0.6 is 34.7 Å². The van der Waals surface area contributed by atoms with Crippen molar-refractivity contribution in [2.24, 2.45) is 0 Å². The van der Waals surface area contributed by atoms with Crippen LogP contribution in [-0.4, -0.2) is 21.2 Å². The first-order valence-corrected chi connectivity index (χ1v) is 11.8. The molecule has 31 heavy (non-hydrogen) atoms. The first-order chi connectivity index (χ1) is 14.8. The minimum atomic E-state index is -0.198. The summed E-state index contributed by atoms with van der Waals surface area (Å²) in [6.07, 6.45) is 0. The molecule has 1 amide bonds. The molecule has 4 aromatic rings. The second-order valence-electron chi connectivity index (χ2n) is 7.24. The van der Waals surface area contributed by atoms with Gasteiger partial charge in [-0.25, -0.2) is 4.98 Å². The number of fused-ring (bicyclic) bond motifs is 1. The standard InChI is InChI=1S/C23H20ClN3O2S2/c1-13-5-7-17(10-15(13)3)27-22(29)21-19(8-9-30-21)26-23(27)31-12-20(28)25-16-6-4-14(2)18(24)11-16/h4-11H,12H2,1-3H3,(H,25,28). The largest absolute Gasteiger partial charge is 0.325 e. The van der Waals surface area contributed by atoms with E-state index in [4.69, 9.17) is 11.6 Å². The second-order valence-corrected chi connectivity index (χ2v) is 9.51. The molecule has 0 fully saturated rings. The van der Waals surface area contributed by atoms with Crippen LogP contribution in [0.3, 0.4) is 0 Å². The topological polar surface area (TPSA) is 64.0 Å². The molecule has 2 aromatic heterocycles. The molecule has 2 heterocycles. The Morgan fingerprint density at radius 1 is 1.10 bits per heavy atom. The lowest BCUT2D eigenvalue weighted by molar-refractivity contribution is -0.113. The number of thiophene rings is 1. The van der Waals surface area contributed by atoms with E-state index in [1.54, 1.807) is 10.6 Å². The Kier molecular flexibility index (Phi) is 6.18. The zero-order chi connectivity index (χ0) is 22.1. The zero-order valence-electron chi connectivity index (χ0n) is 17.2. The summed E-state index contributed by atoms with van der Waals surface area (Å²) in [7, 11) is 0. The first kappa shape index (κ1) is 21.6. The van der Waals surface area contributed by atoms with Gasteiger partial charge in [-0.05, 0) is 73.2 Å². The third-order valence-electron chi connectivity index (χ3n) is 4.99. The van der Waals surface area contributed by atoms with Gasteiger partial charge in [0.05, 0.1) is 17.0 Å². The molecular formula is C23H20ClN3O2S2. The molecule has 0 bridgehead atoms. The van der Waals surface area contributed by atoms with Gasteiger partial charge in [0, 0.05) is 10.7 Å². The Morgan fingerprint density at radius 2 is 1.87 bits per heavy atom. The molecule has 0 unspecified atom stereocenters. The molecule has 0 saturated carbocycles. The lowest BCUT2D eigenvalue weighted by Gasteiger charge is -2.13. The van der Waals surface area contributed by atoms with E-state index in [1.165, 1.54) is 23.1 Å². The molecule has 0 aliphatic heterocycles. The summed E-state index contributed by atoms with van der Waals surface area (Å²) in [4.78, 5) is 30.4.